The van der Waals surface area contributed by atoms with E-state index in [9.17, 15) is 14.4 Å². The van der Waals surface area contributed by atoms with E-state index in [-0.39, 0.29) is 5.91 Å². The lowest BCUT2D eigenvalue weighted by Crippen LogP contribution is -2.25. The Balaban J connectivity index is -0.000000177. The van der Waals surface area contributed by atoms with Crippen LogP contribution in [0.3, 0.4) is 0 Å². The summed E-state index contributed by atoms with van der Waals surface area (Å²) in [6.45, 7) is 10.8. The first-order chi connectivity index (χ1) is 6.93. The van der Waals surface area contributed by atoms with Crippen molar-refractivity contribution < 1.29 is 19.2 Å². The van der Waals surface area contributed by atoms with E-state index in [4.69, 9.17) is 4.79 Å². The van der Waals surface area contributed by atoms with Gasteiger partial charge in [-0.05, 0) is 12.2 Å². The molecule has 3 amide bonds. The van der Waals surface area contributed by atoms with Gasteiger partial charge < -0.3 is 5.73 Å². The van der Waals surface area contributed by atoms with Crippen LogP contribution in [-0.4, -0.2) is 24.5 Å². The van der Waals surface area contributed by atoms with Gasteiger partial charge in [-0.1, -0.05) is 13.2 Å². The molecule has 0 atom stereocenters. The molecule has 0 heterocycles. The minimum absolute atomic E-state index is 0.366. The summed E-state index contributed by atoms with van der Waals surface area (Å²) in [5, 5.41) is 2.00. The minimum atomic E-state index is -0.481. The van der Waals surface area contributed by atoms with Gasteiger partial charge in [0.25, 0.3) is 0 Å². The molecule has 0 aromatic heterocycles. The van der Waals surface area contributed by atoms with Crippen LogP contribution in [0.4, 0.5) is 0 Å². The standard InChI is InChI=1S/C5H7NO2.C3H5NO.CHO/c1-3-5(8)6-4(2)7;1-2-3(4)5;1-2/h3H,1H2,2H3,(H,6,7,8);2H,1H2,(H2,4,5);1H/q;;+1. The van der Waals surface area contributed by atoms with E-state index in [0.29, 0.717) is 0 Å². The second kappa shape index (κ2) is 14.2. The Bertz CT molecular complexity index is 248. The number of nitrogens with two attached hydrogens (primary N) is 1. The molecule has 0 unspecified atom stereocenters. The number of rotatable bonds is 2. The highest BCUT2D eigenvalue weighted by Gasteiger charge is 1.93. The van der Waals surface area contributed by atoms with Gasteiger partial charge in [0.05, 0.1) is 0 Å². The first-order valence-electron chi connectivity index (χ1n) is 3.53. The Labute approximate surface area is 87.8 Å². The fourth-order valence-electron chi connectivity index (χ4n) is 0.225. The average molecular weight is 213 g/mol. The molecule has 0 aromatic carbocycles. The third-order valence-electron chi connectivity index (χ3n) is 0.686. The lowest BCUT2D eigenvalue weighted by atomic mass is 10.5. The molecular formula is C9H13N2O4+. The van der Waals surface area contributed by atoms with Crippen molar-refractivity contribution in [2.45, 2.75) is 6.92 Å². The van der Waals surface area contributed by atoms with Crippen molar-refractivity contribution in [1.82, 2.24) is 5.32 Å². The Kier molecular flexibility index (Phi) is 17.5. The van der Waals surface area contributed by atoms with Gasteiger partial charge in [-0.15, -0.1) is 0 Å². The zero-order chi connectivity index (χ0) is 12.9. The summed E-state index contributed by atoms with van der Waals surface area (Å²) in [6, 6.07) is 0. The predicted octanol–water partition coefficient (Wildman–Crippen LogP) is -0.781. The van der Waals surface area contributed by atoms with Crippen molar-refractivity contribution in [3.05, 3.63) is 25.3 Å². The van der Waals surface area contributed by atoms with Crippen molar-refractivity contribution in [2.24, 2.45) is 5.73 Å². The van der Waals surface area contributed by atoms with Gasteiger partial charge in [0.15, 0.2) is 0 Å². The van der Waals surface area contributed by atoms with E-state index >= 15 is 0 Å². The van der Waals surface area contributed by atoms with Gasteiger partial charge >= 0.3 is 6.79 Å². The fraction of sp³-hybridized carbons (Fsp3) is 0.111. The molecule has 0 radical (unpaired) electrons. The van der Waals surface area contributed by atoms with E-state index in [2.05, 4.69) is 25.7 Å². The number of carbonyl (C=O) groups is 3. The number of nitrogens with one attached hydrogen (secondary N) is 1. The van der Waals surface area contributed by atoms with E-state index in [0.717, 1.165) is 12.2 Å². The number of carbonyl (C=O) groups excluding carboxylic acids is 4. The third kappa shape index (κ3) is 33.9. The molecule has 0 aliphatic heterocycles. The van der Waals surface area contributed by atoms with Gasteiger partial charge in [0, 0.05) is 11.7 Å². The molecule has 15 heavy (non-hydrogen) atoms. The first-order valence-corrected chi connectivity index (χ1v) is 3.53. The number of primary amides is 1. The maximum absolute atomic E-state index is 10.2. The third-order valence-corrected chi connectivity index (χ3v) is 0.686. The largest absolute Gasteiger partial charge is 0.490 e. The number of amides is 3. The van der Waals surface area contributed by atoms with Gasteiger partial charge in [-0.3, -0.25) is 19.7 Å². The van der Waals surface area contributed by atoms with Crippen LogP contribution >= 0.6 is 0 Å². The van der Waals surface area contributed by atoms with Crippen LogP contribution in [0.15, 0.2) is 25.3 Å². The van der Waals surface area contributed by atoms with Gasteiger partial charge in [-0.2, -0.15) is 0 Å². The van der Waals surface area contributed by atoms with Crippen LogP contribution in [0.5, 0.6) is 0 Å². The highest BCUT2D eigenvalue weighted by molar-refractivity contribution is 5.99. The minimum Gasteiger partial charge on any atom is -0.366 e. The second-order valence-electron chi connectivity index (χ2n) is 1.86. The summed E-state index contributed by atoms with van der Waals surface area (Å²) < 4.78 is 0. The van der Waals surface area contributed by atoms with E-state index in [1.54, 1.807) is 0 Å². The van der Waals surface area contributed by atoms with Crippen LogP contribution in [0, 0.1) is 0 Å². The summed E-state index contributed by atoms with van der Waals surface area (Å²) in [6.07, 6.45) is 2.10. The number of hydrogen-bond donors (Lipinski definition) is 2. The molecule has 0 aliphatic carbocycles. The van der Waals surface area contributed by atoms with Crippen LogP contribution in [0.1, 0.15) is 6.92 Å². The lowest BCUT2D eigenvalue weighted by Gasteiger charge is -1.89. The molecule has 0 aliphatic rings. The number of hydrogen-bond acceptors (Lipinski definition) is 4. The monoisotopic (exact) mass is 213 g/mol. The molecule has 0 aromatic rings. The molecule has 0 saturated carbocycles. The molecule has 0 spiro atoms. The Morgan fingerprint density at radius 2 is 1.53 bits per heavy atom. The summed E-state index contributed by atoms with van der Waals surface area (Å²) in [5.74, 6) is -1.31. The highest BCUT2D eigenvalue weighted by atomic mass is 16.2. The normalized spacial score (nSPS) is 6.40. The summed E-state index contributed by atoms with van der Waals surface area (Å²) in [5.41, 5.74) is 4.53. The molecule has 6 heteroatoms. The maximum atomic E-state index is 10.2. The number of imide groups is 1. The van der Waals surface area contributed by atoms with Gasteiger partial charge in [0.1, 0.15) is 0 Å². The predicted molar refractivity (Wildman–Crippen MR) is 55.2 cm³/mol. The smallest absolute Gasteiger partial charge is 0.366 e. The molecule has 6 nitrogen and oxygen atoms in total. The molecule has 0 saturated heterocycles. The maximum Gasteiger partial charge on any atom is 0.490 e. The van der Waals surface area contributed by atoms with Crippen LogP contribution in [0.2, 0.25) is 0 Å². The zero-order valence-corrected chi connectivity index (χ0v) is 8.36. The molecule has 0 fully saturated rings. The Hall–Kier alpha value is -2.33. The van der Waals surface area contributed by atoms with Gasteiger partial charge in [-0.25, -0.2) is 0 Å². The van der Waals surface area contributed by atoms with Crippen molar-refractivity contribution in [1.29, 1.82) is 0 Å². The first kappa shape index (κ1) is 18.5. The summed E-state index contributed by atoms with van der Waals surface area (Å²) in [7, 11) is 0. The highest BCUT2D eigenvalue weighted by Crippen LogP contribution is 1.64. The topological polar surface area (TPSA) is 106 Å². The van der Waals surface area contributed by atoms with Crippen molar-refractivity contribution >= 4 is 24.5 Å². The summed E-state index contributed by atoms with van der Waals surface area (Å²) >= 11 is 0. The zero-order valence-electron chi connectivity index (χ0n) is 8.36. The van der Waals surface area contributed by atoms with Crippen LogP contribution in [-0.2, 0) is 19.2 Å². The van der Waals surface area contributed by atoms with E-state index in [1.807, 2.05) is 5.32 Å². The molecule has 82 valence electrons. The molecule has 0 bridgehead atoms. The quantitative estimate of drug-likeness (QED) is 0.356. The van der Waals surface area contributed by atoms with E-state index < -0.39 is 11.8 Å². The fourth-order valence-corrected chi connectivity index (χ4v) is 0.225. The molecule has 0 rings (SSSR count). The second-order valence-corrected chi connectivity index (χ2v) is 1.86. The molecular weight excluding hydrogens is 200 g/mol. The molecule has 3 N–H and O–H groups in total. The van der Waals surface area contributed by atoms with Gasteiger partial charge in [0.2, 0.25) is 17.7 Å². The van der Waals surface area contributed by atoms with Crippen molar-refractivity contribution in [3.63, 3.8) is 0 Å². The summed E-state index contributed by atoms with van der Waals surface area (Å²) in [4.78, 5) is 37.4. The van der Waals surface area contributed by atoms with Crippen LogP contribution in [0.25, 0.3) is 0 Å². The average Bonchev–Trinajstić information content (AvgIpc) is 2.20. The Morgan fingerprint density at radius 1 is 1.20 bits per heavy atom. The SMILES string of the molecule is C=CC(=O)NC(C)=O.C=CC(N)=O.[CH+]=O. The Morgan fingerprint density at radius 3 is 1.60 bits per heavy atom. The van der Waals surface area contributed by atoms with Crippen molar-refractivity contribution in [3.8, 4) is 0 Å². The lowest BCUT2D eigenvalue weighted by molar-refractivity contribution is -0.126. The van der Waals surface area contributed by atoms with E-state index in [1.165, 1.54) is 6.92 Å². The van der Waals surface area contributed by atoms with Crippen LogP contribution < -0.4 is 11.1 Å². The van der Waals surface area contributed by atoms with Crippen molar-refractivity contribution in [2.75, 3.05) is 0 Å².